The lowest BCUT2D eigenvalue weighted by Gasteiger charge is -2.07. The van der Waals surface area contributed by atoms with Gasteiger partial charge in [-0.25, -0.2) is 13.6 Å². The number of rotatable bonds is 3. The number of aromatic nitrogens is 1. The summed E-state index contributed by atoms with van der Waals surface area (Å²) in [7, 11) is 0. The van der Waals surface area contributed by atoms with Gasteiger partial charge >= 0.3 is 5.97 Å². The van der Waals surface area contributed by atoms with Gasteiger partial charge < -0.3 is 10.1 Å². The Balaban J connectivity index is 3.54. The molecule has 1 rings (SSSR count). The van der Waals surface area contributed by atoms with Crippen LogP contribution in [0.3, 0.4) is 0 Å². The van der Waals surface area contributed by atoms with Crippen molar-refractivity contribution < 1.29 is 18.7 Å². The molecule has 0 bridgehead atoms. The number of halogens is 3. The van der Waals surface area contributed by atoms with E-state index < -0.39 is 35.0 Å². The van der Waals surface area contributed by atoms with E-state index in [0.29, 0.717) is 0 Å². The lowest BCUT2D eigenvalue weighted by Crippen LogP contribution is -2.21. The van der Waals surface area contributed by atoms with Crippen LogP contribution in [0.5, 0.6) is 0 Å². The van der Waals surface area contributed by atoms with Gasteiger partial charge in [0, 0.05) is 17.6 Å². The van der Waals surface area contributed by atoms with Crippen molar-refractivity contribution in [1.29, 1.82) is 0 Å². The van der Waals surface area contributed by atoms with Crippen molar-refractivity contribution in [3.8, 4) is 0 Å². The average molecular weight is 238 g/mol. The van der Waals surface area contributed by atoms with Gasteiger partial charge in [-0.15, -0.1) is 11.6 Å². The maximum Gasteiger partial charge on any atom is 0.341 e. The molecule has 0 aliphatic rings. The molecule has 0 atom stereocenters. The van der Waals surface area contributed by atoms with Crippen LogP contribution in [-0.2, 0) is 5.88 Å². The van der Waals surface area contributed by atoms with Gasteiger partial charge in [0.1, 0.15) is 5.56 Å². The van der Waals surface area contributed by atoms with E-state index in [-0.39, 0.29) is 5.56 Å². The number of hydrogen-bond donors (Lipinski definition) is 2. The van der Waals surface area contributed by atoms with Crippen LogP contribution in [0.15, 0.2) is 11.0 Å². The van der Waals surface area contributed by atoms with Crippen molar-refractivity contribution >= 4 is 17.6 Å². The molecule has 0 unspecified atom stereocenters. The van der Waals surface area contributed by atoms with Crippen LogP contribution in [0.25, 0.3) is 0 Å². The summed E-state index contributed by atoms with van der Waals surface area (Å²) < 4.78 is 24.8. The summed E-state index contributed by atoms with van der Waals surface area (Å²) in [4.78, 5) is 23.7. The first-order chi connectivity index (χ1) is 6.99. The monoisotopic (exact) mass is 237 g/mol. The highest BCUT2D eigenvalue weighted by Crippen LogP contribution is 2.24. The van der Waals surface area contributed by atoms with Gasteiger partial charge in [-0.3, -0.25) is 4.79 Å². The van der Waals surface area contributed by atoms with Gasteiger partial charge in [0.05, 0.1) is 0 Å². The van der Waals surface area contributed by atoms with E-state index in [1.807, 2.05) is 4.98 Å². The Labute approximate surface area is 87.5 Å². The van der Waals surface area contributed by atoms with Crippen LogP contribution < -0.4 is 5.56 Å². The first kappa shape index (κ1) is 11.6. The normalized spacial score (nSPS) is 10.7. The van der Waals surface area contributed by atoms with Crippen LogP contribution in [0.1, 0.15) is 27.9 Å². The van der Waals surface area contributed by atoms with Crippen LogP contribution in [0.4, 0.5) is 8.78 Å². The van der Waals surface area contributed by atoms with E-state index >= 15 is 0 Å². The molecule has 0 saturated carbocycles. The Morgan fingerprint density at radius 3 is 2.60 bits per heavy atom. The zero-order valence-electron chi connectivity index (χ0n) is 7.26. The van der Waals surface area contributed by atoms with E-state index in [9.17, 15) is 18.4 Å². The first-order valence-corrected chi connectivity index (χ1v) is 4.34. The number of aromatic amines is 1. The number of hydrogen-bond acceptors (Lipinski definition) is 2. The van der Waals surface area contributed by atoms with Gasteiger partial charge in [0.15, 0.2) is 0 Å². The molecule has 7 heteroatoms. The number of carboxylic acid groups (broad SMARTS) is 1. The second-order valence-corrected chi connectivity index (χ2v) is 2.93. The SMILES string of the molecule is O=C(O)c1c(CCl)c(C(F)F)c[nH]c1=O. The predicted molar refractivity (Wildman–Crippen MR) is 48.5 cm³/mol. The molecule has 0 aliphatic carbocycles. The van der Waals surface area contributed by atoms with Gasteiger partial charge in [-0.1, -0.05) is 0 Å². The average Bonchev–Trinajstić information content (AvgIpc) is 2.15. The molecule has 1 aromatic rings. The maximum absolute atomic E-state index is 12.4. The smallest absolute Gasteiger partial charge is 0.341 e. The zero-order chi connectivity index (χ0) is 11.6. The minimum Gasteiger partial charge on any atom is -0.477 e. The largest absolute Gasteiger partial charge is 0.477 e. The molecule has 0 spiro atoms. The molecule has 1 heterocycles. The Hall–Kier alpha value is -1.43. The van der Waals surface area contributed by atoms with Gasteiger partial charge in [-0.2, -0.15) is 0 Å². The third kappa shape index (κ3) is 2.15. The summed E-state index contributed by atoms with van der Waals surface area (Å²) in [5, 5.41) is 8.66. The second kappa shape index (κ2) is 4.39. The summed E-state index contributed by atoms with van der Waals surface area (Å²) >= 11 is 5.35. The number of carboxylic acids is 1. The Morgan fingerprint density at radius 1 is 1.60 bits per heavy atom. The molecule has 0 saturated heterocycles. The number of pyridine rings is 1. The molecule has 0 fully saturated rings. The van der Waals surface area contributed by atoms with E-state index in [0.717, 1.165) is 6.20 Å². The molecule has 0 amide bonds. The molecule has 1 aromatic heterocycles. The van der Waals surface area contributed by atoms with Crippen LogP contribution >= 0.6 is 11.6 Å². The van der Waals surface area contributed by atoms with Crippen molar-refractivity contribution in [3.05, 3.63) is 33.2 Å². The van der Waals surface area contributed by atoms with Crippen molar-refractivity contribution in [3.63, 3.8) is 0 Å². The lowest BCUT2D eigenvalue weighted by atomic mass is 10.1. The summed E-state index contributed by atoms with van der Waals surface area (Å²) in [6.07, 6.45) is -2.11. The van der Waals surface area contributed by atoms with Gasteiger partial charge in [-0.05, 0) is 5.56 Å². The van der Waals surface area contributed by atoms with E-state index in [1.165, 1.54) is 0 Å². The Bertz CT molecular complexity index is 444. The molecule has 15 heavy (non-hydrogen) atoms. The van der Waals surface area contributed by atoms with Crippen molar-refractivity contribution in [2.45, 2.75) is 12.3 Å². The number of H-pyrrole nitrogens is 1. The van der Waals surface area contributed by atoms with Crippen molar-refractivity contribution in [2.24, 2.45) is 0 Å². The van der Waals surface area contributed by atoms with Crippen molar-refractivity contribution in [2.75, 3.05) is 0 Å². The highest BCUT2D eigenvalue weighted by molar-refractivity contribution is 6.17. The maximum atomic E-state index is 12.4. The zero-order valence-corrected chi connectivity index (χ0v) is 8.02. The number of nitrogens with one attached hydrogen (secondary N) is 1. The molecule has 0 aromatic carbocycles. The molecular weight excluding hydrogens is 232 g/mol. The highest BCUT2D eigenvalue weighted by Gasteiger charge is 2.22. The van der Waals surface area contributed by atoms with Crippen molar-refractivity contribution in [1.82, 2.24) is 4.98 Å². The quantitative estimate of drug-likeness (QED) is 0.787. The Morgan fingerprint density at radius 2 is 2.20 bits per heavy atom. The van der Waals surface area contributed by atoms with Gasteiger partial charge in [0.25, 0.3) is 12.0 Å². The van der Waals surface area contributed by atoms with Crippen LogP contribution in [0, 0.1) is 0 Å². The molecule has 4 nitrogen and oxygen atoms in total. The molecule has 0 aliphatic heterocycles. The topological polar surface area (TPSA) is 70.2 Å². The van der Waals surface area contributed by atoms with Gasteiger partial charge in [0.2, 0.25) is 0 Å². The minimum atomic E-state index is -2.88. The van der Waals surface area contributed by atoms with Crippen LogP contribution in [-0.4, -0.2) is 16.1 Å². The number of carbonyl (C=O) groups is 1. The minimum absolute atomic E-state index is 0.345. The third-order valence-electron chi connectivity index (χ3n) is 1.82. The molecule has 82 valence electrons. The molecule has 2 N–H and O–H groups in total. The highest BCUT2D eigenvalue weighted by atomic mass is 35.5. The van der Waals surface area contributed by atoms with E-state index in [1.54, 1.807) is 0 Å². The summed E-state index contributed by atoms with van der Waals surface area (Å²) in [6.45, 7) is 0. The van der Waals surface area contributed by atoms with E-state index in [2.05, 4.69) is 0 Å². The fourth-order valence-corrected chi connectivity index (χ4v) is 1.44. The fraction of sp³-hybridized carbons (Fsp3) is 0.250. The molecule has 0 radical (unpaired) electrons. The standard InChI is InChI=1S/C8H6ClF2NO3/c9-1-3-4(6(10)11)2-12-7(13)5(3)8(14)15/h2,6H,1H2,(H,12,13)(H,14,15). The Kier molecular flexibility index (Phi) is 3.41. The third-order valence-corrected chi connectivity index (χ3v) is 2.09. The molecular formula is C8H6ClF2NO3. The van der Waals surface area contributed by atoms with E-state index in [4.69, 9.17) is 16.7 Å². The van der Waals surface area contributed by atoms with Crippen LogP contribution in [0.2, 0.25) is 0 Å². The fourth-order valence-electron chi connectivity index (χ4n) is 1.15. The first-order valence-electron chi connectivity index (χ1n) is 3.81. The number of aromatic carboxylic acids is 1. The summed E-state index contributed by atoms with van der Waals surface area (Å²) in [5.41, 5.74) is -2.59. The predicted octanol–water partition coefficient (Wildman–Crippen LogP) is 1.75. The number of alkyl halides is 3. The summed E-state index contributed by atoms with van der Waals surface area (Å²) in [6, 6.07) is 0. The summed E-state index contributed by atoms with van der Waals surface area (Å²) in [5.74, 6) is -2.03. The second-order valence-electron chi connectivity index (χ2n) is 2.67. The lowest BCUT2D eigenvalue weighted by molar-refractivity contribution is 0.0693.